The second kappa shape index (κ2) is 12.8. The smallest absolute Gasteiger partial charge is 0.324 e. The van der Waals surface area contributed by atoms with Gasteiger partial charge >= 0.3 is 6.18 Å². The average molecular weight is 602 g/mol. The Morgan fingerprint density at radius 2 is 1.76 bits per heavy atom. The Bertz CT molecular complexity index is 1660. The molecule has 3 aromatic heterocycles. The number of nitrogens with zero attached hydrogens (tertiary/aromatic N) is 5. The molecule has 0 radical (unpaired) electrons. The Morgan fingerprint density at radius 3 is 2.44 bits per heavy atom. The molecule has 212 valence electrons. The quantitative estimate of drug-likeness (QED) is 0.213. The van der Waals surface area contributed by atoms with Crippen molar-refractivity contribution in [2.75, 3.05) is 10.6 Å². The van der Waals surface area contributed by atoms with Crippen LogP contribution in [-0.4, -0.2) is 30.4 Å². The molecule has 41 heavy (non-hydrogen) atoms. The second-order valence-corrected chi connectivity index (χ2v) is 8.80. The first kappa shape index (κ1) is 31.1. The minimum absolute atomic E-state index is 0. The van der Waals surface area contributed by atoms with Gasteiger partial charge in [0.05, 0.1) is 23.3 Å². The Kier molecular flexibility index (Phi) is 9.69. The van der Waals surface area contributed by atoms with Crippen LogP contribution in [0, 0.1) is 13.8 Å². The Balaban J connectivity index is 0.00000231. The first-order valence-corrected chi connectivity index (χ1v) is 11.8. The molecule has 0 aliphatic carbocycles. The molecule has 8 nitrogen and oxygen atoms in total. The summed E-state index contributed by atoms with van der Waals surface area (Å²) in [6, 6.07) is 13.7. The normalized spacial score (nSPS) is 10.8. The van der Waals surface area contributed by atoms with E-state index in [1.807, 2.05) is 13.0 Å². The summed E-state index contributed by atoms with van der Waals surface area (Å²) < 4.78 is 42.3. The van der Waals surface area contributed by atoms with Gasteiger partial charge in [-0.25, -0.2) is 15.0 Å². The highest BCUT2D eigenvalue weighted by Gasteiger charge is 2.31. The van der Waals surface area contributed by atoms with Gasteiger partial charge in [0, 0.05) is 53.0 Å². The maximum Gasteiger partial charge on any atom is 0.416 e. The number of alkyl halides is 3. The number of aryl methyl sites for hydroxylation is 2. The van der Waals surface area contributed by atoms with E-state index >= 15 is 0 Å². The van der Waals surface area contributed by atoms with E-state index in [4.69, 9.17) is 0 Å². The summed E-state index contributed by atoms with van der Waals surface area (Å²) in [6.07, 6.45) is 3.38. The van der Waals surface area contributed by atoms with Crippen molar-refractivity contribution in [3.63, 3.8) is 0 Å². The average Bonchev–Trinajstić information content (AvgIpc) is 3.36. The van der Waals surface area contributed by atoms with Gasteiger partial charge in [0.25, 0.3) is 5.91 Å². The lowest BCUT2D eigenvalue weighted by atomic mass is 10.1. The molecule has 1 amide bonds. The fraction of sp³-hybridized carbons (Fsp3) is 0.107. The number of pyridine rings is 1. The third-order valence-corrected chi connectivity index (χ3v) is 5.87. The van der Waals surface area contributed by atoms with Gasteiger partial charge in [-0.15, -0.1) is 24.8 Å². The number of hydrogen-bond donors (Lipinski definition) is 2. The van der Waals surface area contributed by atoms with E-state index in [1.54, 1.807) is 62.0 Å². The number of benzene rings is 2. The number of halogens is 5. The molecule has 0 aliphatic heterocycles. The highest BCUT2D eigenvalue weighted by atomic mass is 35.5. The van der Waals surface area contributed by atoms with Gasteiger partial charge in [0.15, 0.2) is 0 Å². The molecule has 0 saturated carbocycles. The number of nitrogens with one attached hydrogen (secondary N) is 2. The molecule has 13 heteroatoms. The maximum absolute atomic E-state index is 13.6. The van der Waals surface area contributed by atoms with Crippen molar-refractivity contribution >= 4 is 48.0 Å². The van der Waals surface area contributed by atoms with Crippen LogP contribution in [0.25, 0.3) is 16.9 Å². The van der Waals surface area contributed by atoms with E-state index in [2.05, 4.69) is 30.6 Å². The van der Waals surface area contributed by atoms with E-state index in [0.717, 1.165) is 23.3 Å². The van der Waals surface area contributed by atoms with Crippen molar-refractivity contribution < 1.29 is 18.0 Å². The highest BCUT2D eigenvalue weighted by Crippen LogP contribution is 2.33. The predicted molar refractivity (Wildman–Crippen MR) is 155 cm³/mol. The Hall–Kier alpha value is -4.48. The van der Waals surface area contributed by atoms with E-state index in [9.17, 15) is 18.0 Å². The third kappa shape index (κ3) is 7.38. The number of hydrogen-bond acceptors (Lipinski definition) is 6. The predicted octanol–water partition coefficient (Wildman–Crippen LogP) is 7.20. The molecular formula is C28H24Cl2F3N7O. The molecule has 5 rings (SSSR count). The van der Waals surface area contributed by atoms with Crippen molar-refractivity contribution in [1.29, 1.82) is 0 Å². The van der Waals surface area contributed by atoms with Gasteiger partial charge in [-0.1, -0.05) is 6.07 Å². The number of carbonyl (C=O) groups excluding carboxylic acids is 1. The third-order valence-electron chi connectivity index (χ3n) is 5.87. The molecule has 3 heterocycles. The zero-order valence-electron chi connectivity index (χ0n) is 21.7. The molecule has 0 spiro atoms. The second-order valence-electron chi connectivity index (χ2n) is 8.80. The lowest BCUT2D eigenvalue weighted by Gasteiger charge is -2.14. The number of amides is 1. The molecule has 0 saturated heterocycles. The Morgan fingerprint density at radius 1 is 0.951 bits per heavy atom. The topological polar surface area (TPSA) is 97.6 Å². The summed E-state index contributed by atoms with van der Waals surface area (Å²) in [4.78, 5) is 30.1. The lowest BCUT2D eigenvalue weighted by Crippen LogP contribution is -2.14. The van der Waals surface area contributed by atoms with E-state index < -0.39 is 17.6 Å². The van der Waals surface area contributed by atoms with Crippen LogP contribution in [0.1, 0.15) is 27.2 Å². The zero-order valence-corrected chi connectivity index (χ0v) is 23.3. The van der Waals surface area contributed by atoms with Crippen LogP contribution in [0.15, 0.2) is 85.7 Å². The van der Waals surface area contributed by atoms with Crippen molar-refractivity contribution in [2.24, 2.45) is 0 Å². The minimum Gasteiger partial charge on any atom is -0.324 e. The zero-order chi connectivity index (χ0) is 27.6. The molecule has 0 bridgehead atoms. The van der Waals surface area contributed by atoms with Crippen molar-refractivity contribution in [1.82, 2.24) is 24.5 Å². The summed E-state index contributed by atoms with van der Waals surface area (Å²) in [6.45, 7) is 3.58. The van der Waals surface area contributed by atoms with Crippen LogP contribution in [-0.2, 0) is 6.18 Å². The van der Waals surface area contributed by atoms with E-state index in [0.29, 0.717) is 23.0 Å². The molecule has 0 fully saturated rings. The summed E-state index contributed by atoms with van der Waals surface area (Å²) in [5.41, 5.74) is 3.09. The van der Waals surface area contributed by atoms with Gasteiger partial charge in [-0.05, 0) is 67.9 Å². The van der Waals surface area contributed by atoms with Gasteiger partial charge in [-0.3, -0.25) is 9.78 Å². The molecule has 2 aromatic carbocycles. The molecule has 0 unspecified atom stereocenters. The molecule has 0 aliphatic rings. The van der Waals surface area contributed by atoms with Crippen LogP contribution in [0.2, 0.25) is 0 Å². The number of rotatable bonds is 6. The Labute approximate surface area is 245 Å². The molecule has 2 N–H and O–H groups in total. The molecular weight excluding hydrogens is 578 g/mol. The van der Waals surface area contributed by atoms with Gasteiger partial charge in [0.1, 0.15) is 0 Å². The fourth-order valence-corrected chi connectivity index (χ4v) is 3.87. The van der Waals surface area contributed by atoms with Crippen molar-refractivity contribution in [3.8, 4) is 16.9 Å². The fourth-order valence-electron chi connectivity index (χ4n) is 3.87. The highest BCUT2D eigenvalue weighted by molar-refractivity contribution is 6.05. The van der Waals surface area contributed by atoms with Gasteiger partial charge < -0.3 is 15.2 Å². The van der Waals surface area contributed by atoms with Crippen LogP contribution in [0.5, 0.6) is 0 Å². The van der Waals surface area contributed by atoms with Gasteiger partial charge in [0.2, 0.25) is 5.95 Å². The largest absolute Gasteiger partial charge is 0.416 e. The number of imidazole rings is 1. The van der Waals surface area contributed by atoms with Crippen LogP contribution in [0.4, 0.5) is 30.5 Å². The number of anilines is 3. The van der Waals surface area contributed by atoms with Crippen LogP contribution < -0.4 is 10.6 Å². The summed E-state index contributed by atoms with van der Waals surface area (Å²) in [5.74, 6) is -0.259. The first-order chi connectivity index (χ1) is 18.7. The monoisotopic (exact) mass is 601 g/mol. The maximum atomic E-state index is 13.6. The van der Waals surface area contributed by atoms with Crippen LogP contribution >= 0.6 is 24.8 Å². The summed E-state index contributed by atoms with van der Waals surface area (Å²) in [5, 5.41) is 5.71. The first-order valence-electron chi connectivity index (χ1n) is 11.8. The minimum atomic E-state index is -4.60. The lowest BCUT2D eigenvalue weighted by molar-refractivity contribution is -0.137. The number of aromatic nitrogens is 5. The standard InChI is InChI=1S/C28H22F3N7O.2ClH/c1-17-5-6-19(10-25(17)37-27-33-9-7-24(36-27)20-4-3-8-32-14-20)26(39)35-22-11-21(28(29,30)31)12-23(13-22)38-15-18(2)34-16-38;;/h3-16H,1-2H3,(H,35,39)(H,33,36,37);2*1H. The van der Waals surface area contributed by atoms with E-state index in [1.165, 1.54) is 17.0 Å². The molecule has 5 aromatic rings. The number of carbonyl (C=O) groups is 1. The molecule has 0 atom stereocenters. The summed E-state index contributed by atoms with van der Waals surface area (Å²) >= 11 is 0. The SMILES string of the molecule is Cc1cn(-c2cc(NC(=O)c3ccc(C)c(Nc4nccc(-c5cccnc5)n4)c3)cc(C(F)(F)F)c2)cn1.Cl.Cl. The van der Waals surface area contributed by atoms with E-state index in [-0.39, 0.29) is 41.8 Å². The summed E-state index contributed by atoms with van der Waals surface area (Å²) in [7, 11) is 0. The van der Waals surface area contributed by atoms with Crippen molar-refractivity contribution in [3.05, 3.63) is 108 Å². The van der Waals surface area contributed by atoms with Crippen molar-refractivity contribution in [2.45, 2.75) is 20.0 Å². The van der Waals surface area contributed by atoms with Gasteiger partial charge in [-0.2, -0.15) is 13.2 Å². The van der Waals surface area contributed by atoms with Crippen LogP contribution in [0.3, 0.4) is 0 Å².